The summed E-state index contributed by atoms with van der Waals surface area (Å²) in [5, 5.41) is 0. The van der Waals surface area contributed by atoms with Gasteiger partial charge in [-0.3, -0.25) is 4.90 Å². The second-order valence-corrected chi connectivity index (χ2v) is 4.29. The van der Waals surface area contributed by atoms with Gasteiger partial charge in [0.05, 0.1) is 6.54 Å². The summed E-state index contributed by atoms with van der Waals surface area (Å²) >= 11 is 5.81. The number of nitrogens with zero attached hydrogens (tertiary/aromatic N) is 3. The van der Waals surface area contributed by atoms with Crippen LogP contribution < -0.4 is 0 Å². The van der Waals surface area contributed by atoms with Crippen LogP contribution in [0.2, 0.25) is 0 Å². The van der Waals surface area contributed by atoms with Crippen molar-refractivity contribution in [2.45, 2.75) is 31.8 Å². The van der Waals surface area contributed by atoms with Crippen molar-refractivity contribution in [2.24, 2.45) is 0 Å². The van der Waals surface area contributed by atoms with Crippen molar-refractivity contribution in [1.29, 1.82) is 0 Å². The largest absolute Gasteiger partial charge is 0.292 e. The minimum atomic E-state index is 0.684. The molecule has 0 saturated heterocycles. The van der Waals surface area contributed by atoms with E-state index in [9.17, 15) is 0 Å². The van der Waals surface area contributed by atoms with E-state index in [1.54, 1.807) is 12.4 Å². The average Bonchev–Trinajstić information content (AvgIpc) is 2.17. The first kappa shape index (κ1) is 10.8. The van der Waals surface area contributed by atoms with Crippen LogP contribution in [0.25, 0.3) is 0 Å². The molecule has 4 heteroatoms. The van der Waals surface area contributed by atoms with Crippen LogP contribution in [0.4, 0.5) is 0 Å². The fourth-order valence-electron chi connectivity index (χ4n) is 1.84. The molecule has 1 saturated carbocycles. The topological polar surface area (TPSA) is 29.0 Å². The lowest BCUT2D eigenvalue weighted by Gasteiger charge is -2.36. The Morgan fingerprint density at radius 1 is 1.33 bits per heavy atom. The molecule has 1 aromatic rings. The fourth-order valence-corrected chi connectivity index (χ4v) is 2.06. The quantitative estimate of drug-likeness (QED) is 0.719. The monoisotopic (exact) mass is 225 g/mol. The van der Waals surface area contributed by atoms with Gasteiger partial charge in [-0.25, -0.2) is 9.97 Å². The predicted octanol–water partition coefficient (Wildman–Crippen LogP) is 2.07. The molecule has 0 aliphatic heterocycles. The van der Waals surface area contributed by atoms with Crippen LogP contribution in [0.15, 0.2) is 18.5 Å². The van der Waals surface area contributed by atoms with Gasteiger partial charge in [-0.05, 0) is 18.9 Å². The lowest BCUT2D eigenvalue weighted by molar-refractivity contribution is 0.124. The summed E-state index contributed by atoms with van der Waals surface area (Å²) in [6.45, 7) is 1.77. The normalized spacial score (nSPS) is 16.7. The first-order valence-corrected chi connectivity index (χ1v) is 5.99. The summed E-state index contributed by atoms with van der Waals surface area (Å²) in [5.41, 5.74) is 0. The maximum Gasteiger partial charge on any atom is 0.142 e. The van der Waals surface area contributed by atoms with E-state index in [1.165, 1.54) is 19.3 Å². The fraction of sp³-hybridized carbons (Fsp3) is 0.636. The molecule has 15 heavy (non-hydrogen) atoms. The van der Waals surface area contributed by atoms with Crippen LogP contribution in [0, 0.1) is 0 Å². The molecule has 2 rings (SSSR count). The highest BCUT2D eigenvalue weighted by Gasteiger charge is 2.24. The summed E-state index contributed by atoms with van der Waals surface area (Å²) in [4.78, 5) is 10.9. The second-order valence-electron chi connectivity index (χ2n) is 3.91. The Morgan fingerprint density at radius 2 is 2.07 bits per heavy atom. The Bertz CT molecular complexity index is 287. The van der Waals surface area contributed by atoms with Gasteiger partial charge in [-0.15, -0.1) is 11.6 Å². The van der Waals surface area contributed by atoms with Gasteiger partial charge in [0, 0.05) is 30.9 Å². The van der Waals surface area contributed by atoms with Gasteiger partial charge in [0.2, 0.25) is 0 Å². The molecule has 0 atom stereocenters. The standard InChI is InChI=1S/C11H16ClN3/c12-5-8-15(10-3-1-4-10)9-11-13-6-2-7-14-11/h2,6-7,10H,1,3-5,8-9H2. The summed E-state index contributed by atoms with van der Waals surface area (Å²) < 4.78 is 0. The molecular formula is C11H16ClN3. The molecule has 1 heterocycles. The van der Waals surface area contributed by atoms with E-state index in [4.69, 9.17) is 11.6 Å². The van der Waals surface area contributed by atoms with Gasteiger partial charge in [0.25, 0.3) is 0 Å². The molecule has 0 aromatic carbocycles. The van der Waals surface area contributed by atoms with Gasteiger partial charge in [0.15, 0.2) is 0 Å². The van der Waals surface area contributed by atoms with E-state index in [1.807, 2.05) is 6.07 Å². The third-order valence-electron chi connectivity index (χ3n) is 2.93. The number of hydrogen-bond donors (Lipinski definition) is 0. The van der Waals surface area contributed by atoms with Gasteiger partial charge >= 0.3 is 0 Å². The van der Waals surface area contributed by atoms with Gasteiger partial charge < -0.3 is 0 Å². The first-order chi connectivity index (χ1) is 7.40. The van der Waals surface area contributed by atoms with Gasteiger partial charge in [-0.2, -0.15) is 0 Å². The second kappa shape index (κ2) is 5.42. The van der Waals surface area contributed by atoms with Crippen molar-refractivity contribution in [3.05, 3.63) is 24.3 Å². The summed E-state index contributed by atoms with van der Waals surface area (Å²) in [5.74, 6) is 1.58. The first-order valence-electron chi connectivity index (χ1n) is 5.46. The third-order valence-corrected chi connectivity index (χ3v) is 3.10. The van der Waals surface area contributed by atoms with Crippen molar-refractivity contribution in [2.75, 3.05) is 12.4 Å². The van der Waals surface area contributed by atoms with Crippen molar-refractivity contribution in [3.63, 3.8) is 0 Å². The van der Waals surface area contributed by atoms with Crippen molar-refractivity contribution < 1.29 is 0 Å². The maximum absolute atomic E-state index is 5.81. The molecule has 1 fully saturated rings. The average molecular weight is 226 g/mol. The van der Waals surface area contributed by atoms with E-state index in [0.29, 0.717) is 11.9 Å². The van der Waals surface area contributed by atoms with E-state index in [2.05, 4.69) is 14.9 Å². The smallest absolute Gasteiger partial charge is 0.142 e. The van der Waals surface area contributed by atoms with E-state index >= 15 is 0 Å². The Labute approximate surface area is 95.5 Å². The van der Waals surface area contributed by atoms with E-state index in [-0.39, 0.29) is 0 Å². The Balaban J connectivity index is 1.93. The van der Waals surface area contributed by atoms with E-state index in [0.717, 1.165) is 18.9 Å². The number of halogens is 1. The molecule has 0 unspecified atom stereocenters. The highest BCUT2D eigenvalue weighted by atomic mass is 35.5. The van der Waals surface area contributed by atoms with Crippen molar-refractivity contribution >= 4 is 11.6 Å². The van der Waals surface area contributed by atoms with Crippen LogP contribution in [0.1, 0.15) is 25.1 Å². The number of alkyl halides is 1. The molecule has 0 bridgehead atoms. The van der Waals surface area contributed by atoms with Crippen LogP contribution >= 0.6 is 11.6 Å². The highest BCUT2D eigenvalue weighted by molar-refractivity contribution is 6.18. The number of rotatable bonds is 5. The minimum absolute atomic E-state index is 0.684. The minimum Gasteiger partial charge on any atom is -0.292 e. The Morgan fingerprint density at radius 3 is 2.60 bits per heavy atom. The summed E-state index contributed by atoms with van der Waals surface area (Å²) in [7, 11) is 0. The molecule has 0 spiro atoms. The Hall–Kier alpha value is -0.670. The molecule has 1 aliphatic carbocycles. The molecular weight excluding hydrogens is 210 g/mol. The van der Waals surface area contributed by atoms with Gasteiger partial charge in [0.1, 0.15) is 5.82 Å². The highest BCUT2D eigenvalue weighted by Crippen LogP contribution is 2.25. The number of aromatic nitrogens is 2. The predicted molar refractivity (Wildman–Crippen MR) is 60.8 cm³/mol. The van der Waals surface area contributed by atoms with Crippen LogP contribution in [-0.2, 0) is 6.54 Å². The summed E-state index contributed by atoms with van der Waals surface area (Å²) in [6, 6.07) is 2.55. The molecule has 82 valence electrons. The lowest BCUT2D eigenvalue weighted by Crippen LogP contribution is -2.41. The third kappa shape index (κ3) is 2.89. The zero-order valence-corrected chi connectivity index (χ0v) is 9.53. The maximum atomic E-state index is 5.81. The van der Waals surface area contributed by atoms with Gasteiger partial charge in [-0.1, -0.05) is 6.42 Å². The molecule has 1 aliphatic rings. The molecule has 3 nitrogen and oxygen atoms in total. The molecule has 1 aromatic heterocycles. The lowest BCUT2D eigenvalue weighted by atomic mass is 9.91. The van der Waals surface area contributed by atoms with Crippen LogP contribution in [0.3, 0.4) is 0 Å². The van der Waals surface area contributed by atoms with E-state index < -0.39 is 0 Å². The zero-order chi connectivity index (χ0) is 10.5. The molecule has 0 radical (unpaired) electrons. The van der Waals surface area contributed by atoms with Crippen LogP contribution in [-0.4, -0.2) is 33.3 Å². The molecule has 0 N–H and O–H groups in total. The van der Waals surface area contributed by atoms with Crippen molar-refractivity contribution in [1.82, 2.24) is 14.9 Å². The SMILES string of the molecule is ClCCN(Cc1ncccn1)C1CCC1. The Kier molecular flexibility index (Phi) is 3.92. The van der Waals surface area contributed by atoms with Crippen LogP contribution in [0.5, 0.6) is 0 Å². The zero-order valence-electron chi connectivity index (χ0n) is 8.77. The molecule has 0 amide bonds. The van der Waals surface area contributed by atoms with Crippen molar-refractivity contribution in [3.8, 4) is 0 Å². The number of hydrogen-bond acceptors (Lipinski definition) is 3. The summed E-state index contributed by atoms with van der Waals surface area (Å²) in [6.07, 6.45) is 7.52.